The number of hydrazine groups is 1. The van der Waals surface area contributed by atoms with Gasteiger partial charge < -0.3 is 0 Å². The molecule has 0 aliphatic heterocycles. The molecule has 0 radical (unpaired) electrons. The second-order valence-corrected chi connectivity index (χ2v) is 7.61. The molecule has 0 bridgehead atoms. The monoisotopic (exact) mass is 272 g/mol. The average Bonchev–Trinajstić information content (AvgIpc) is 3.23. The van der Waals surface area contributed by atoms with Gasteiger partial charge in [0.25, 0.3) is 0 Å². The maximum absolute atomic E-state index is 5.90. The van der Waals surface area contributed by atoms with Gasteiger partial charge in [-0.2, -0.15) is 0 Å². The number of nitrogens with one attached hydrogen (secondary N) is 1. The molecular weight excluding hydrogens is 244 g/mol. The minimum atomic E-state index is 0.510. The highest BCUT2D eigenvalue weighted by Crippen LogP contribution is 2.53. The lowest BCUT2D eigenvalue weighted by Crippen LogP contribution is -2.44. The Labute approximate surface area is 123 Å². The van der Waals surface area contributed by atoms with Crippen LogP contribution in [0.5, 0.6) is 0 Å². The van der Waals surface area contributed by atoms with E-state index in [0.29, 0.717) is 11.5 Å². The number of rotatable bonds is 4. The molecule has 0 amide bonds. The lowest BCUT2D eigenvalue weighted by molar-refractivity contribution is 0.152. The summed E-state index contributed by atoms with van der Waals surface area (Å²) in [6, 6.07) is 11.4. The van der Waals surface area contributed by atoms with E-state index in [9.17, 15) is 0 Å². The first-order valence-electron chi connectivity index (χ1n) is 8.12. The van der Waals surface area contributed by atoms with Crippen LogP contribution in [0.1, 0.15) is 57.4 Å². The summed E-state index contributed by atoms with van der Waals surface area (Å²) in [5.74, 6) is 8.15. The van der Waals surface area contributed by atoms with E-state index in [1.54, 1.807) is 0 Å². The number of hydrogen-bond acceptors (Lipinski definition) is 2. The van der Waals surface area contributed by atoms with Gasteiger partial charge in [-0.3, -0.25) is 11.3 Å². The van der Waals surface area contributed by atoms with Crippen LogP contribution >= 0.6 is 0 Å². The van der Waals surface area contributed by atoms with Gasteiger partial charge in [-0.25, -0.2) is 0 Å². The molecule has 3 N–H and O–H groups in total. The van der Waals surface area contributed by atoms with Crippen molar-refractivity contribution in [1.29, 1.82) is 0 Å². The van der Waals surface area contributed by atoms with E-state index in [1.165, 1.54) is 37.7 Å². The van der Waals surface area contributed by atoms with Crippen molar-refractivity contribution in [3.8, 4) is 0 Å². The summed E-state index contributed by atoms with van der Waals surface area (Å²) >= 11 is 0. The fraction of sp³-hybridized carbons (Fsp3) is 0.667. The van der Waals surface area contributed by atoms with Gasteiger partial charge in [0.15, 0.2) is 0 Å². The van der Waals surface area contributed by atoms with Crippen molar-refractivity contribution in [2.45, 2.75) is 57.9 Å². The average molecular weight is 272 g/mol. The Morgan fingerprint density at radius 1 is 1.15 bits per heavy atom. The van der Waals surface area contributed by atoms with Crippen molar-refractivity contribution >= 4 is 0 Å². The van der Waals surface area contributed by atoms with E-state index in [2.05, 4.69) is 49.6 Å². The molecule has 2 fully saturated rings. The summed E-state index contributed by atoms with van der Waals surface area (Å²) in [5.41, 5.74) is 5.19. The molecule has 3 rings (SSSR count). The van der Waals surface area contributed by atoms with Crippen LogP contribution in [0.3, 0.4) is 0 Å². The molecule has 110 valence electrons. The van der Waals surface area contributed by atoms with Crippen LogP contribution in [0.15, 0.2) is 30.3 Å². The predicted octanol–water partition coefficient (Wildman–Crippen LogP) is 3.84. The van der Waals surface area contributed by atoms with Crippen LogP contribution in [0.2, 0.25) is 0 Å². The van der Waals surface area contributed by atoms with Crippen LogP contribution in [-0.2, 0) is 0 Å². The summed E-state index contributed by atoms with van der Waals surface area (Å²) in [5, 5.41) is 0. The fourth-order valence-electron chi connectivity index (χ4n) is 4.09. The minimum absolute atomic E-state index is 0.510. The Kier molecular flexibility index (Phi) is 3.87. The van der Waals surface area contributed by atoms with Gasteiger partial charge in [-0.05, 0) is 60.8 Å². The summed E-state index contributed by atoms with van der Waals surface area (Å²) in [6.45, 7) is 4.80. The Hall–Kier alpha value is -0.860. The first kappa shape index (κ1) is 14.1. The van der Waals surface area contributed by atoms with Crippen LogP contribution in [0.4, 0.5) is 0 Å². The van der Waals surface area contributed by atoms with Crippen LogP contribution < -0.4 is 11.3 Å². The summed E-state index contributed by atoms with van der Waals surface area (Å²) < 4.78 is 0. The quantitative estimate of drug-likeness (QED) is 0.645. The Bertz CT molecular complexity index is 430. The zero-order chi connectivity index (χ0) is 14.2. The molecule has 0 saturated heterocycles. The normalized spacial score (nSPS) is 30.9. The van der Waals surface area contributed by atoms with Gasteiger partial charge >= 0.3 is 0 Å². The largest absolute Gasteiger partial charge is 0.271 e. The molecule has 2 heteroatoms. The summed E-state index contributed by atoms with van der Waals surface area (Å²) in [4.78, 5) is 0. The van der Waals surface area contributed by atoms with Crippen molar-refractivity contribution in [1.82, 2.24) is 5.43 Å². The van der Waals surface area contributed by atoms with Crippen LogP contribution in [-0.4, -0.2) is 6.04 Å². The van der Waals surface area contributed by atoms with E-state index in [-0.39, 0.29) is 0 Å². The first-order chi connectivity index (χ1) is 9.61. The maximum Gasteiger partial charge on any atom is 0.0273 e. The van der Waals surface area contributed by atoms with E-state index in [1.807, 2.05) is 0 Å². The number of benzene rings is 1. The van der Waals surface area contributed by atoms with Gasteiger partial charge in [0.2, 0.25) is 0 Å². The summed E-state index contributed by atoms with van der Waals surface area (Å²) in [6.07, 6.45) is 6.66. The van der Waals surface area contributed by atoms with Gasteiger partial charge in [0.05, 0.1) is 0 Å². The van der Waals surface area contributed by atoms with Crippen molar-refractivity contribution in [3.63, 3.8) is 0 Å². The van der Waals surface area contributed by atoms with E-state index < -0.39 is 0 Å². The lowest BCUT2D eigenvalue weighted by Gasteiger charge is -2.38. The molecule has 0 aromatic heterocycles. The zero-order valence-corrected chi connectivity index (χ0v) is 12.8. The summed E-state index contributed by atoms with van der Waals surface area (Å²) in [7, 11) is 0. The van der Waals surface area contributed by atoms with E-state index >= 15 is 0 Å². The molecule has 2 nitrogen and oxygen atoms in total. The molecule has 0 spiro atoms. The third kappa shape index (κ3) is 2.91. The molecule has 20 heavy (non-hydrogen) atoms. The third-order valence-electron chi connectivity index (χ3n) is 5.61. The molecule has 0 heterocycles. The van der Waals surface area contributed by atoms with Gasteiger partial charge in [-0.1, -0.05) is 44.2 Å². The highest BCUT2D eigenvalue weighted by molar-refractivity contribution is 5.26. The van der Waals surface area contributed by atoms with Gasteiger partial charge in [0, 0.05) is 6.04 Å². The number of hydrogen-bond donors (Lipinski definition) is 2. The first-order valence-corrected chi connectivity index (χ1v) is 8.12. The minimum Gasteiger partial charge on any atom is -0.271 e. The Balaban J connectivity index is 1.62. The fourth-order valence-corrected chi connectivity index (χ4v) is 4.09. The second-order valence-electron chi connectivity index (χ2n) is 7.61. The van der Waals surface area contributed by atoms with Crippen LogP contribution in [0, 0.1) is 17.3 Å². The lowest BCUT2D eigenvalue weighted by atomic mass is 9.70. The van der Waals surface area contributed by atoms with Crippen molar-refractivity contribution in [2.24, 2.45) is 23.1 Å². The van der Waals surface area contributed by atoms with E-state index in [4.69, 9.17) is 5.84 Å². The molecule has 1 aromatic rings. The smallest absolute Gasteiger partial charge is 0.0273 e. The van der Waals surface area contributed by atoms with Crippen molar-refractivity contribution in [2.75, 3.05) is 0 Å². The van der Waals surface area contributed by atoms with Gasteiger partial charge in [-0.15, -0.1) is 0 Å². The van der Waals surface area contributed by atoms with Gasteiger partial charge in [0.1, 0.15) is 0 Å². The molecule has 2 aliphatic rings. The topological polar surface area (TPSA) is 38.0 Å². The van der Waals surface area contributed by atoms with Crippen LogP contribution in [0.25, 0.3) is 0 Å². The highest BCUT2D eigenvalue weighted by Gasteiger charge is 2.47. The second kappa shape index (κ2) is 5.50. The van der Waals surface area contributed by atoms with E-state index in [0.717, 1.165) is 17.8 Å². The highest BCUT2D eigenvalue weighted by atomic mass is 15.2. The molecule has 3 atom stereocenters. The molecule has 1 aromatic carbocycles. The standard InChI is InChI=1S/C18H28N2/c1-18(2)10-8-14(9-11-18)17(20-19)16-12-15(16)13-6-4-3-5-7-13/h3-7,14-17,20H,8-12,19H2,1-2H3. The Morgan fingerprint density at radius 3 is 2.40 bits per heavy atom. The predicted molar refractivity (Wildman–Crippen MR) is 84.1 cm³/mol. The molecular formula is C18H28N2. The molecule has 2 aliphatic carbocycles. The molecule has 2 saturated carbocycles. The molecule has 3 unspecified atom stereocenters. The maximum atomic E-state index is 5.90. The van der Waals surface area contributed by atoms with Crippen molar-refractivity contribution < 1.29 is 0 Å². The zero-order valence-electron chi connectivity index (χ0n) is 12.8. The Morgan fingerprint density at radius 2 is 1.80 bits per heavy atom. The SMILES string of the molecule is CC1(C)CCC(C(NN)C2CC2c2ccccc2)CC1. The number of nitrogens with two attached hydrogens (primary N) is 1. The third-order valence-corrected chi connectivity index (χ3v) is 5.61. The van der Waals surface area contributed by atoms with Crippen molar-refractivity contribution in [3.05, 3.63) is 35.9 Å².